The van der Waals surface area contributed by atoms with Gasteiger partial charge in [0.05, 0.1) is 17.0 Å². The van der Waals surface area contributed by atoms with Crippen molar-refractivity contribution >= 4 is 22.6 Å². The monoisotopic (exact) mass is 289 g/mol. The first-order chi connectivity index (χ1) is 9.83. The van der Waals surface area contributed by atoms with E-state index in [0.717, 1.165) is 49.5 Å². The van der Waals surface area contributed by atoms with Crippen LogP contribution in [0.4, 0.5) is 0 Å². The second kappa shape index (κ2) is 5.82. The van der Waals surface area contributed by atoms with Gasteiger partial charge in [-0.1, -0.05) is 6.07 Å². The van der Waals surface area contributed by atoms with Crippen molar-refractivity contribution in [3.05, 3.63) is 29.6 Å². The van der Waals surface area contributed by atoms with Gasteiger partial charge in [-0.05, 0) is 30.9 Å². The van der Waals surface area contributed by atoms with Gasteiger partial charge in [0.2, 0.25) is 0 Å². The highest BCUT2D eigenvalue weighted by Crippen LogP contribution is 2.25. The number of ether oxygens (including phenoxy) is 1. The number of halogens is 1. The van der Waals surface area contributed by atoms with Gasteiger partial charge >= 0.3 is 0 Å². The Morgan fingerprint density at radius 1 is 1.40 bits per heavy atom. The average Bonchev–Trinajstić information content (AvgIpc) is 2.86. The summed E-state index contributed by atoms with van der Waals surface area (Å²) >= 11 is 6.03. The normalized spacial score (nSPS) is 16.4. The third-order valence-electron chi connectivity index (χ3n) is 3.88. The van der Waals surface area contributed by atoms with E-state index in [9.17, 15) is 5.26 Å². The van der Waals surface area contributed by atoms with Crippen LogP contribution in [0.15, 0.2) is 18.2 Å². The van der Waals surface area contributed by atoms with E-state index in [1.165, 1.54) is 0 Å². The molecule has 1 aliphatic rings. The first kappa shape index (κ1) is 13.4. The Labute approximate surface area is 122 Å². The lowest BCUT2D eigenvalue weighted by molar-refractivity contribution is 0.0614. The van der Waals surface area contributed by atoms with E-state index in [4.69, 9.17) is 16.3 Å². The maximum Gasteiger partial charge on any atom is 0.124 e. The molecule has 0 radical (unpaired) electrons. The van der Waals surface area contributed by atoms with Crippen LogP contribution in [0.1, 0.15) is 24.2 Å². The lowest BCUT2D eigenvalue weighted by Crippen LogP contribution is -2.21. The summed E-state index contributed by atoms with van der Waals surface area (Å²) in [6.45, 7) is 2.56. The van der Waals surface area contributed by atoms with Crippen LogP contribution < -0.4 is 0 Å². The lowest BCUT2D eigenvalue weighted by Gasteiger charge is -2.23. The molecule has 1 aliphatic heterocycles. The fourth-order valence-corrected chi connectivity index (χ4v) is 2.98. The molecule has 0 spiro atoms. The highest BCUT2D eigenvalue weighted by molar-refractivity contribution is 6.16. The van der Waals surface area contributed by atoms with Gasteiger partial charge < -0.3 is 9.30 Å². The molecule has 2 aromatic rings. The minimum Gasteiger partial charge on any atom is -0.381 e. The minimum absolute atomic E-state index is 0.364. The molecule has 0 atom stereocenters. The molecule has 1 saturated heterocycles. The Morgan fingerprint density at radius 2 is 2.20 bits per heavy atom. The lowest BCUT2D eigenvalue weighted by atomic mass is 10.0. The number of imidazole rings is 1. The van der Waals surface area contributed by atoms with Crippen LogP contribution in [0.2, 0.25) is 0 Å². The van der Waals surface area contributed by atoms with Crippen LogP contribution in [0.3, 0.4) is 0 Å². The van der Waals surface area contributed by atoms with E-state index in [-0.39, 0.29) is 0 Å². The first-order valence-electron chi connectivity index (χ1n) is 6.85. The highest BCUT2D eigenvalue weighted by Gasteiger charge is 2.19. The number of nitrogens with zero attached hydrogens (tertiary/aromatic N) is 3. The van der Waals surface area contributed by atoms with Crippen LogP contribution in [-0.4, -0.2) is 22.8 Å². The zero-order valence-electron chi connectivity index (χ0n) is 11.2. The van der Waals surface area contributed by atoms with Crippen molar-refractivity contribution < 1.29 is 4.74 Å². The van der Waals surface area contributed by atoms with Crippen LogP contribution in [-0.2, 0) is 17.2 Å². The van der Waals surface area contributed by atoms with E-state index in [2.05, 4.69) is 15.6 Å². The topological polar surface area (TPSA) is 50.8 Å². The van der Waals surface area contributed by atoms with Crippen molar-refractivity contribution in [3.63, 3.8) is 0 Å². The summed E-state index contributed by atoms with van der Waals surface area (Å²) in [6, 6.07) is 7.91. The second-order valence-electron chi connectivity index (χ2n) is 5.11. The summed E-state index contributed by atoms with van der Waals surface area (Å²) in [5.74, 6) is 1.80. The molecule has 1 fully saturated rings. The van der Waals surface area contributed by atoms with Gasteiger partial charge in [0.1, 0.15) is 17.4 Å². The van der Waals surface area contributed by atoms with Gasteiger partial charge in [-0.2, -0.15) is 5.26 Å². The third kappa shape index (κ3) is 2.39. The van der Waals surface area contributed by atoms with Crippen molar-refractivity contribution in [3.8, 4) is 6.07 Å². The van der Waals surface area contributed by atoms with Crippen molar-refractivity contribution in [1.82, 2.24) is 9.55 Å². The van der Waals surface area contributed by atoms with Crippen molar-refractivity contribution in [2.45, 2.75) is 25.3 Å². The number of nitriles is 1. The Morgan fingerprint density at radius 3 is 2.90 bits per heavy atom. The molecule has 1 aromatic carbocycles. The molecular formula is C15H16ClN3O. The van der Waals surface area contributed by atoms with Crippen molar-refractivity contribution in [1.29, 1.82) is 5.26 Å². The quantitative estimate of drug-likeness (QED) is 0.816. The van der Waals surface area contributed by atoms with E-state index in [0.29, 0.717) is 17.4 Å². The summed E-state index contributed by atoms with van der Waals surface area (Å²) in [6.07, 6.45) is 2.14. The number of hydrogen-bond donors (Lipinski definition) is 0. The summed E-state index contributed by atoms with van der Waals surface area (Å²) in [4.78, 5) is 4.54. The Balaban J connectivity index is 2.02. The standard InChI is InChI=1S/C15H16ClN3O/c16-8-14-18-15-12(9-17)2-1-3-13(15)19(14)10-11-4-6-20-7-5-11/h1-3,11H,4-8,10H2. The van der Waals surface area contributed by atoms with E-state index in [1.807, 2.05) is 12.1 Å². The maximum absolute atomic E-state index is 9.18. The predicted molar refractivity (Wildman–Crippen MR) is 77.5 cm³/mol. The van der Waals surface area contributed by atoms with Gasteiger partial charge in [-0.15, -0.1) is 11.6 Å². The number of para-hydroxylation sites is 1. The molecule has 20 heavy (non-hydrogen) atoms. The zero-order valence-corrected chi connectivity index (χ0v) is 11.9. The fourth-order valence-electron chi connectivity index (χ4n) is 2.78. The smallest absolute Gasteiger partial charge is 0.124 e. The molecule has 0 unspecified atom stereocenters. The van der Waals surface area contributed by atoms with Gasteiger partial charge in [-0.25, -0.2) is 4.98 Å². The SMILES string of the molecule is N#Cc1cccc2c1nc(CCl)n2CC1CCOCC1. The molecule has 1 aromatic heterocycles. The van der Waals surface area contributed by atoms with Gasteiger partial charge in [-0.3, -0.25) is 0 Å². The molecule has 4 nitrogen and oxygen atoms in total. The molecule has 0 aliphatic carbocycles. The van der Waals surface area contributed by atoms with E-state index < -0.39 is 0 Å². The van der Waals surface area contributed by atoms with Crippen LogP contribution in [0.5, 0.6) is 0 Å². The molecule has 0 saturated carbocycles. The van der Waals surface area contributed by atoms with Gasteiger partial charge in [0.15, 0.2) is 0 Å². The van der Waals surface area contributed by atoms with Crippen LogP contribution >= 0.6 is 11.6 Å². The van der Waals surface area contributed by atoms with Crippen LogP contribution in [0.25, 0.3) is 11.0 Å². The Bertz CT molecular complexity index is 653. The van der Waals surface area contributed by atoms with Crippen LogP contribution in [0, 0.1) is 17.2 Å². The first-order valence-corrected chi connectivity index (χ1v) is 7.39. The van der Waals surface area contributed by atoms with E-state index in [1.54, 1.807) is 6.07 Å². The van der Waals surface area contributed by atoms with Gasteiger partial charge in [0, 0.05) is 19.8 Å². The minimum atomic E-state index is 0.364. The summed E-state index contributed by atoms with van der Waals surface area (Å²) in [5, 5.41) is 9.18. The molecule has 104 valence electrons. The second-order valence-corrected chi connectivity index (χ2v) is 5.38. The molecule has 0 amide bonds. The summed E-state index contributed by atoms with van der Waals surface area (Å²) in [7, 11) is 0. The van der Waals surface area contributed by atoms with E-state index >= 15 is 0 Å². The Hall–Kier alpha value is -1.57. The van der Waals surface area contributed by atoms with Crippen molar-refractivity contribution in [2.24, 2.45) is 5.92 Å². The molecule has 0 N–H and O–H groups in total. The number of alkyl halides is 1. The molecule has 0 bridgehead atoms. The average molecular weight is 290 g/mol. The van der Waals surface area contributed by atoms with Gasteiger partial charge in [0.25, 0.3) is 0 Å². The summed E-state index contributed by atoms with van der Waals surface area (Å²) in [5.41, 5.74) is 2.38. The third-order valence-corrected chi connectivity index (χ3v) is 4.12. The zero-order chi connectivity index (χ0) is 13.9. The number of benzene rings is 1. The number of fused-ring (bicyclic) bond motifs is 1. The molecule has 2 heterocycles. The number of rotatable bonds is 3. The predicted octanol–water partition coefficient (Wildman–Crippen LogP) is 3.07. The van der Waals surface area contributed by atoms with Crippen molar-refractivity contribution in [2.75, 3.05) is 13.2 Å². The molecule has 5 heteroatoms. The number of hydrogen-bond acceptors (Lipinski definition) is 3. The Kier molecular flexibility index (Phi) is 3.90. The maximum atomic E-state index is 9.18. The fraction of sp³-hybridized carbons (Fsp3) is 0.467. The summed E-state index contributed by atoms with van der Waals surface area (Å²) < 4.78 is 7.57. The number of aromatic nitrogens is 2. The highest BCUT2D eigenvalue weighted by atomic mass is 35.5. The largest absolute Gasteiger partial charge is 0.381 e. The molecular weight excluding hydrogens is 274 g/mol. The molecule has 3 rings (SSSR count).